The summed E-state index contributed by atoms with van der Waals surface area (Å²) in [5.41, 5.74) is 0.813. The van der Waals surface area contributed by atoms with E-state index in [0.717, 1.165) is 0 Å². The van der Waals surface area contributed by atoms with Crippen molar-refractivity contribution in [2.24, 2.45) is 0 Å². The largest absolute Gasteiger partial charge is 0.504 e. The van der Waals surface area contributed by atoms with E-state index in [1.165, 1.54) is 50.6 Å². The van der Waals surface area contributed by atoms with Crippen LogP contribution in [0.15, 0.2) is 36.4 Å². The third-order valence-electron chi connectivity index (χ3n) is 4.11. The summed E-state index contributed by atoms with van der Waals surface area (Å²) < 4.78 is 20.4. The number of carbonyl (C=O) groups is 2. The average Bonchev–Trinajstić information content (AvgIpc) is 2.70. The number of carboxylic acids is 2. The minimum atomic E-state index is -1.82. The number of hydrogen-bond acceptors (Lipinski definition) is 8. The summed E-state index contributed by atoms with van der Waals surface area (Å²) in [5.74, 6) is -2.95. The molecule has 2 aromatic rings. The molecular weight excluding hydrogens is 400 g/mol. The van der Waals surface area contributed by atoms with E-state index in [9.17, 15) is 30.0 Å². The van der Waals surface area contributed by atoms with Crippen LogP contribution in [0.1, 0.15) is 11.1 Å². The highest BCUT2D eigenvalue weighted by molar-refractivity contribution is 5.83. The van der Waals surface area contributed by atoms with Crippen molar-refractivity contribution in [2.45, 2.75) is 25.4 Å². The van der Waals surface area contributed by atoms with Gasteiger partial charge in [-0.05, 0) is 35.4 Å². The number of phenolic OH excluding ortho intramolecular Hbond substituents is 2. The van der Waals surface area contributed by atoms with E-state index in [2.05, 4.69) is 0 Å². The lowest BCUT2D eigenvalue weighted by molar-refractivity contribution is -0.179. The molecule has 30 heavy (non-hydrogen) atoms. The maximum atomic E-state index is 11.6. The predicted octanol–water partition coefficient (Wildman–Crippen LogP) is 1.75. The first-order chi connectivity index (χ1) is 14.3. The van der Waals surface area contributed by atoms with Crippen LogP contribution in [-0.4, -0.2) is 58.8 Å². The number of rotatable bonds is 11. The fourth-order valence-electron chi connectivity index (χ4n) is 2.60. The quantitative estimate of drug-likeness (QED) is 0.421. The first-order valence-corrected chi connectivity index (χ1v) is 8.67. The molecule has 2 atom stereocenters. The van der Waals surface area contributed by atoms with E-state index in [1.54, 1.807) is 0 Å². The highest BCUT2D eigenvalue weighted by Crippen LogP contribution is 2.28. The van der Waals surface area contributed by atoms with Crippen molar-refractivity contribution in [2.75, 3.05) is 14.2 Å². The predicted molar refractivity (Wildman–Crippen MR) is 102 cm³/mol. The molecule has 2 rings (SSSR count). The van der Waals surface area contributed by atoms with Gasteiger partial charge < -0.3 is 39.4 Å². The van der Waals surface area contributed by atoms with Gasteiger partial charge in [-0.2, -0.15) is 0 Å². The Morgan fingerprint density at radius 1 is 0.767 bits per heavy atom. The Hall–Kier alpha value is -3.50. The molecule has 0 aliphatic heterocycles. The molecule has 0 bridgehead atoms. The molecular formula is C20H22O10. The molecule has 2 aromatic carbocycles. The molecule has 0 spiro atoms. The van der Waals surface area contributed by atoms with Gasteiger partial charge in [0.15, 0.2) is 35.2 Å². The number of aliphatic carboxylic acids is 2. The summed E-state index contributed by atoms with van der Waals surface area (Å²) in [6.07, 6.45) is -3.64. The van der Waals surface area contributed by atoms with Crippen molar-refractivity contribution in [1.82, 2.24) is 0 Å². The third kappa shape index (κ3) is 5.75. The van der Waals surface area contributed by atoms with Crippen LogP contribution < -0.4 is 9.47 Å². The lowest BCUT2D eigenvalue weighted by atomic mass is 10.1. The van der Waals surface area contributed by atoms with E-state index < -0.39 is 24.1 Å². The number of benzene rings is 2. The molecule has 0 saturated heterocycles. The summed E-state index contributed by atoms with van der Waals surface area (Å²) in [6, 6.07) is 8.63. The smallest absolute Gasteiger partial charge is 0.336 e. The Bertz CT molecular complexity index is 822. The maximum Gasteiger partial charge on any atom is 0.336 e. The standard InChI is InChI=1S/C20H22O10/c1-27-15-5-3-11(7-13(15)21)9-29-17(19(23)24)18(20(25)26)30-10-12-4-6-16(28-2)14(22)8-12/h3-8,17-18,21-22H,9-10H2,1-2H3,(H,23,24)(H,25,26)/t17-,18-/m1/s1. The van der Waals surface area contributed by atoms with Crippen LogP contribution in [0.4, 0.5) is 0 Å². The van der Waals surface area contributed by atoms with E-state index in [4.69, 9.17) is 18.9 Å². The van der Waals surface area contributed by atoms with Crippen LogP contribution in [0.2, 0.25) is 0 Å². The topological polar surface area (TPSA) is 152 Å². The van der Waals surface area contributed by atoms with Gasteiger partial charge in [0.1, 0.15) is 0 Å². The van der Waals surface area contributed by atoms with E-state index >= 15 is 0 Å². The first-order valence-electron chi connectivity index (χ1n) is 8.67. The van der Waals surface area contributed by atoms with Gasteiger partial charge in [0.05, 0.1) is 27.4 Å². The van der Waals surface area contributed by atoms with Crippen molar-refractivity contribution < 1.29 is 49.0 Å². The molecule has 0 aromatic heterocycles. The summed E-state index contributed by atoms with van der Waals surface area (Å²) in [4.78, 5) is 23.2. The molecule has 0 aliphatic carbocycles. The molecule has 162 valence electrons. The minimum absolute atomic E-state index is 0.171. The molecule has 0 unspecified atom stereocenters. The van der Waals surface area contributed by atoms with Crippen molar-refractivity contribution in [3.05, 3.63) is 47.5 Å². The second-order valence-electron chi connectivity index (χ2n) is 6.15. The zero-order chi connectivity index (χ0) is 22.3. The minimum Gasteiger partial charge on any atom is -0.504 e. The zero-order valence-electron chi connectivity index (χ0n) is 16.3. The second kappa shape index (κ2) is 10.3. The molecule has 0 radical (unpaired) electrons. The van der Waals surface area contributed by atoms with Crippen molar-refractivity contribution in [3.8, 4) is 23.0 Å². The summed E-state index contributed by atoms with van der Waals surface area (Å²) in [5, 5.41) is 38.4. The van der Waals surface area contributed by atoms with Crippen LogP contribution in [0.3, 0.4) is 0 Å². The van der Waals surface area contributed by atoms with Gasteiger partial charge in [-0.3, -0.25) is 0 Å². The van der Waals surface area contributed by atoms with Crippen LogP contribution >= 0.6 is 0 Å². The number of aromatic hydroxyl groups is 2. The molecule has 10 nitrogen and oxygen atoms in total. The number of methoxy groups -OCH3 is 2. The molecule has 0 amide bonds. The molecule has 0 heterocycles. The zero-order valence-corrected chi connectivity index (χ0v) is 16.3. The van der Waals surface area contributed by atoms with Crippen LogP contribution in [0, 0.1) is 0 Å². The second-order valence-corrected chi connectivity index (χ2v) is 6.15. The van der Waals surface area contributed by atoms with Gasteiger partial charge in [-0.25, -0.2) is 9.59 Å². The SMILES string of the molecule is COc1ccc(CO[C@@H](C(=O)O)[C@@H](OCc2ccc(OC)c(O)c2)C(=O)O)cc1O. The van der Waals surface area contributed by atoms with Crippen molar-refractivity contribution in [1.29, 1.82) is 0 Å². The highest BCUT2D eigenvalue weighted by atomic mass is 16.6. The number of carboxylic acid groups (broad SMARTS) is 2. The Kier molecular flexibility index (Phi) is 7.84. The van der Waals surface area contributed by atoms with E-state index in [-0.39, 0.29) is 36.2 Å². The van der Waals surface area contributed by atoms with Gasteiger partial charge in [-0.15, -0.1) is 0 Å². The summed E-state index contributed by atoms with van der Waals surface area (Å²) >= 11 is 0. The fraction of sp³-hybridized carbons (Fsp3) is 0.300. The summed E-state index contributed by atoms with van der Waals surface area (Å²) in [7, 11) is 2.76. The lowest BCUT2D eigenvalue weighted by Gasteiger charge is -2.21. The van der Waals surface area contributed by atoms with Gasteiger partial charge in [0.25, 0.3) is 0 Å². The number of phenols is 2. The third-order valence-corrected chi connectivity index (χ3v) is 4.11. The van der Waals surface area contributed by atoms with Crippen LogP contribution in [0.5, 0.6) is 23.0 Å². The Balaban J connectivity index is 2.09. The van der Waals surface area contributed by atoms with Crippen LogP contribution in [-0.2, 0) is 32.3 Å². The molecule has 0 fully saturated rings. The Morgan fingerprint density at radius 3 is 1.40 bits per heavy atom. The monoisotopic (exact) mass is 422 g/mol. The highest BCUT2D eigenvalue weighted by Gasteiger charge is 2.36. The molecule has 10 heteroatoms. The van der Waals surface area contributed by atoms with Gasteiger partial charge in [-0.1, -0.05) is 12.1 Å². The number of ether oxygens (including phenoxy) is 4. The Morgan fingerprint density at radius 2 is 1.13 bits per heavy atom. The molecule has 4 N–H and O–H groups in total. The molecule has 0 saturated carbocycles. The van der Waals surface area contributed by atoms with Gasteiger partial charge in [0.2, 0.25) is 0 Å². The van der Waals surface area contributed by atoms with Crippen molar-refractivity contribution >= 4 is 11.9 Å². The van der Waals surface area contributed by atoms with Crippen LogP contribution in [0.25, 0.3) is 0 Å². The normalized spacial score (nSPS) is 12.7. The Labute approximate surface area is 171 Å². The first kappa shape index (κ1) is 22.8. The lowest BCUT2D eigenvalue weighted by Crippen LogP contribution is -2.43. The van der Waals surface area contributed by atoms with Gasteiger partial charge >= 0.3 is 11.9 Å². The van der Waals surface area contributed by atoms with E-state index in [0.29, 0.717) is 11.1 Å². The molecule has 0 aliphatic rings. The van der Waals surface area contributed by atoms with E-state index in [1.807, 2.05) is 0 Å². The van der Waals surface area contributed by atoms with Gasteiger partial charge in [0, 0.05) is 0 Å². The van der Waals surface area contributed by atoms with Crippen molar-refractivity contribution in [3.63, 3.8) is 0 Å². The number of hydrogen-bond donors (Lipinski definition) is 4. The summed E-state index contributed by atoms with van der Waals surface area (Å²) in [6.45, 7) is -0.573. The average molecular weight is 422 g/mol. The fourth-order valence-corrected chi connectivity index (χ4v) is 2.60. The maximum absolute atomic E-state index is 11.6.